The van der Waals surface area contributed by atoms with E-state index < -0.39 is 0 Å². The van der Waals surface area contributed by atoms with E-state index in [0.717, 1.165) is 35.5 Å². The lowest BCUT2D eigenvalue weighted by atomic mass is 9.50. The molecular weight excluding hydrogens is 156 g/mol. The number of hydrogen-bond donors (Lipinski definition) is 0. The lowest BCUT2D eigenvalue weighted by Crippen LogP contribution is -2.49. The number of allylic oxidation sites excluding steroid dienone is 4. The van der Waals surface area contributed by atoms with E-state index in [4.69, 9.17) is 0 Å². The van der Waals surface area contributed by atoms with Crippen LogP contribution in [0, 0.1) is 35.5 Å². The Hall–Kier alpha value is -0.520. The van der Waals surface area contributed by atoms with Crippen molar-refractivity contribution in [2.45, 2.75) is 19.3 Å². The van der Waals surface area contributed by atoms with E-state index in [1.165, 1.54) is 19.3 Å². The first-order chi connectivity index (χ1) is 6.45. The first-order valence-corrected chi connectivity index (χ1v) is 5.78. The van der Waals surface area contributed by atoms with Crippen molar-refractivity contribution >= 4 is 0 Å². The molecule has 0 aromatic carbocycles. The third-order valence-corrected chi connectivity index (χ3v) is 5.10. The highest BCUT2D eigenvalue weighted by molar-refractivity contribution is 5.23. The lowest BCUT2D eigenvalue weighted by molar-refractivity contribution is -0.0311. The van der Waals surface area contributed by atoms with Crippen LogP contribution in [-0.4, -0.2) is 0 Å². The van der Waals surface area contributed by atoms with Crippen LogP contribution in [0.5, 0.6) is 0 Å². The molecule has 0 aliphatic heterocycles. The minimum Gasteiger partial charge on any atom is -0.0882 e. The van der Waals surface area contributed by atoms with Crippen LogP contribution in [0.3, 0.4) is 0 Å². The van der Waals surface area contributed by atoms with Crippen molar-refractivity contribution in [3.05, 3.63) is 24.3 Å². The Bertz CT molecular complexity index is 271. The van der Waals surface area contributed by atoms with E-state index in [-0.39, 0.29) is 0 Å². The summed E-state index contributed by atoms with van der Waals surface area (Å²) in [6, 6.07) is 0. The van der Waals surface area contributed by atoms with Gasteiger partial charge >= 0.3 is 0 Å². The van der Waals surface area contributed by atoms with E-state index in [1.807, 2.05) is 0 Å². The summed E-state index contributed by atoms with van der Waals surface area (Å²) in [5.74, 6) is 6.34. The standard InChI is InChI=1S/C13H16/c1-2-4-11-10(3-1)12-8-5-6-9(7-8)13(11)12/h1-2,5-6,8-13H,3-4,7H2. The summed E-state index contributed by atoms with van der Waals surface area (Å²) in [6.07, 6.45) is 14.2. The summed E-state index contributed by atoms with van der Waals surface area (Å²) in [5.41, 5.74) is 0. The molecule has 4 aliphatic carbocycles. The normalized spacial score (nSPS) is 60.3. The molecule has 0 aromatic rings. The smallest absolute Gasteiger partial charge is 0.0194 e. The highest BCUT2D eigenvalue weighted by atomic mass is 14.6. The Morgan fingerprint density at radius 2 is 1.31 bits per heavy atom. The molecule has 0 radical (unpaired) electrons. The Morgan fingerprint density at radius 1 is 0.769 bits per heavy atom. The van der Waals surface area contributed by atoms with Crippen molar-refractivity contribution in [3.8, 4) is 0 Å². The monoisotopic (exact) mass is 172 g/mol. The molecule has 0 heteroatoms. The van der Waals surface area contributed by atoms with E-state index in [0.29, 0.717) is 0 Å². The second-order valence-electron chi connectivity index (χ2n) is 5.37. The van der Waals surface area contributed by atoms with Crippen LogP contribution in [0.15, 0.2) is 24.3 Å². The van der Waals surface area contributed by atoms with Gasteiger partial charge in [-0.3, -0.25) is 0 Å². The Kier molecular flexibility index (Phi) is 1.11. The van der Waals surface area contributed by atoms with Crippen LogP contribution >= 0.6 is 0 Å². The van der Waals surface area contributed by atoms with Gasteiger partial charge in [-0.05, 0) is 54.8 Å². The zero-order valence-corrected chi connectivity index (χ0v) is 7.89. The third kappa shape index (κ3) is 0.662. The van der Waals surface area contributed by atoms with E-state index in [1.54, 1.807) is 0 Å². The predicted octanol–water partition coefficient (Wildman–Crippen LogP) is 3.02. The minimum absolute atomic E-state index is 0.989. The second kappa shape index (κ2) is 2.10. The van der Waals surface area contributed by atoms with E-state index in [9.17, 15) is 0 Å². The molecule has 0 heterocycles. The van der Waals surface area contributed by atoms with Gasteiger partial charge in [0, 0.05) is 0 Å². The summed E-state index contributed by atoms with van der Waals surface area (Å²) in [5, 5.41) is 0. The van der Waals surface area contributed by atoms with Crippen LogP contribution in [0.4, 0.5) is 0 Å². The van der Waals surface area contributed by atoms with Crippen molar-refractivity contribution < 1.29 is 0 Å². The SMILES string of the molecule is C1=CCC2C(C1)C1C3C=CC(C3)C21. The van der Waals surface area contributed by atoms with Crippen molar-refractivity contribution in [3.63, 3.8) is 0 Å². The van der Waals surface area contributed by atoms with Crippen LogP contribution in [0.25, 0.3) is 0 Å². The molecule has 0 N–H and O–H groups in total. The van der Waals surface area contributed by atoms with Gasteiger partial charge in [-0.25, -0.2) is 0 Å². The molecule has 0 amide bonds. The summed E-state index contributed by atoms with van der Waals surface area (Å²) in [6.45, 7) is 0. The van der Waals surface area contributed by atoms with Gasteiger partial charge in [0.1, 0.15) is 0 Å². The van der Waals surface area contributed by atoms with Crippen LogP contribution < -0.4 is 0 Å². The molecular formula is C13H16. The number of hydrogen-bond acceptors (Lipinski definition) is 0. The fourth-order valence-corrected chi connectivity index (χ4v) is 4.70. The van der Waals surface area contributed by atoms with Gasteiger partial charge in [-0.15, -0.1) is 0 Å². The zero-order chi connectivity index (χ0) is 8.41. The average Bonchev–Trinajstić information content (AvgIpc) is 2.68. The molecule has 0 saturated heterocycles. The van der Waals surface area contributed by atoms with Gasteiger partial charge in [0.25, 0.3) is 0 Å². The van der Waals surface area contributed by atoms with Crippen molar-refractivity contribution in [1.82, 2.24) is 0 Å². The Labute approximate surface area is 79.7 Å². The molecule has 6 unspecified atom stereocenters. The van der Waals surface area contributed by atoms with E-state index in [2.05, 4.69) is 24.3 Å². The highest BCUT2D eigenvalue weighted by Gasteiger charge is 2.60. The molecule has 13 heavy (non-hydrogen) atoms. The van der Waals surface area contributed by atoms with Crippen LogP contribution in [0.1, 0.15) is 19.3 Å². The van der Waals surface area contributed by atoms with Crippen molar-refractivity contribution in [2.24, 2.45) is 35.5 Å². The fourth-order valence-electron chi connectivity index (χ4n) is 4.70. The molecule has 6 atom stereocenters. The van der Waals surface area contributed by atoms with Gasteiger partial charge in [0.05, 0.1) is 0 Å². The molecule has 2 fully saturated rings. The first kappa shape index (κ1) is 6.86. The first-order valence-electron chi connectivity index (χ1n) is 5.78. The quantitative estimate of drug-likeness (QED) is 0.493. The molecule has 0 spiro atoms. The van der Waals surface area contributed by atoms with Gasteiger partial charge in [-0.2, -0.15) is 0 Å². The molecule has 4 rings (SSSR count). The third-order valence-electron chi connectivity index (χ3n) is 5.10. The summed E-state index contributed by atoms with van der Waals surface area (Å²) in [4.78, 5) is 0. The maximum Gasteiger partial charge on any atom is -0.0194 e. The fraction of sp³-hybridized carbons (Fsp3) is 0.692. The summed E-state index contributed by atoms with van der Waals surface area (Å²) < 4.78 is 0. The molecule has 68 valence electrons. The van der Waals surface area contributed by atoms with Crippen molar-refractivity contribution in [2.75, 3.05) is 0 Å². The summed E-state index contributed by atoms with van der Waals surface area (Å²) in [7, 11) is 0. The largest absolute Gasteiger partial charge is 0.0882 e. The lowest BCUT2D eigenvalue weighted by Gasteiger charge is -2.54. The molecule has 2 saturated carbocycles. The zero-order valence-electron chi connectivity index (χ0n) is 7.89. The minimum atomic E-state index is 0.989. The number of fused-ring (bicyclic) bond motifs is 8. The van der Waals surface area contributed by atoms with E-state index >= 15 is 0 Å². The molecule has 0 aromatic heterocycles. The van der Waals surface area contributed by atoms with Crippen molar-refractivity contribution in [1.29, 1.82) is 0 Å². The average molecular weight is 172 g/mol. The molecule has 4 aliphatic rings. The van der Waals surface area contributed by atoms with Gasteiger partial charge in [0.2, 0.25) is 0 Å². The topological polar surface area (TPSA) is 0 Å². The maximum atomic E-state index is 2.51. The van der Waals surface area contributed by atoms with Gasteiger partial charge < -0.3 is 0 Å². The molecule has 0 nitrogen and oxygen atoms in total. The predicted molar refractivity (Wildman–Crippen MR) is 53.1 cm³/mol. The maximum absolute atomic E-state index is 2.51. The van der Waals surface area contributed by atoms with Crippen LogP contribution in [0.2, 0.25) is 0 Å². The highest BCUT2D eigenvalue weighted by Crippen LogP contribution is 2.66. The van der Waals surface area contributed by atoms with Crippen LogP contribution in [-0.2, 0) is 0 Å². The molecule has 2 bridgehead atoms. The van der Waals surface area contributed by atoms with Gasteiger partial charge in [0.15, 0.2) is 0 Å². The Morgan fingerprint density at radius 3 is 1.85 bits per heavy atom. The number of rotatable bonds is 0. The van der Waals surface area contributed by atoms with Gasteiger partial charge in [-0.1, -0.05) is 24.3 Å². The second-order valence-corrected chi connectivity index (χ2v) is 5.37. The summed E-state index contributed by atoms with van der Waals surface area (Å²) >= 11 is 0. The Balaban J connectivity index is 1.72.